The standard InChI is InChI=1S/C21H22O3S/c1-23-17-11-14-12-20(25-15-7-4-3-5-8-15)21(10-6-9-19(21)22)16(14)13-18(17)24-2/h3-5,7-8,11,13,20H,6,9-10,12H2,1-2H3/t20-,21-/m0/s1. The molecule has 2 atom stereocenters. The molecule has 1 fully saturated rings. The molecule has 0 aliphatic heterocycles. The molecule has 2 aliphatic rings. The molecule has 0 heterocycles. The van der Waals surface area contributed by atoms with E-state index in [1.54, 1.807) is 14.2 Å². The van der Waals surface area contributed by atoms with Crippen LogP contribution in [0.3, 0.4) is 0 Å². The van der Waals surface area contributed by atoms with Crippen LogP contribution >= 0.6 is 11.8 Å². The van der Waals surface area contributed by atoms with Gasteiger partial charge >= 0.3 is 0 Å². The summed E-state index contributed by atoms with van der Waals surface area (Å²) in [7, 11) is 3.31. The number of Topliss-reactive ketones (excluding diaryl/α,β-unsaturated/α-hetero) is 1. The zero-order chi connectivity index (χ0) is 17.4. The monoisotopic (exact) mass is 354 g/mol. The van der Waals surface area contributed by atoms with Gasteiger partial charge in [0.1, 0.15) is 5.78 Å². The molecule has 0 bridgehead atoms. The van der Waals surface area contributed by atoms with E-state index in [1.807, 2.05) is 23.9 Å². The highest BCUT2D eigenvalue weighted by atomic mass is 32.2. The Bertz CT molecular complexity index is 802. The summed E-state index contributed by atoms with van der Waals surface area (Å²) in [5, 5.41) is 0.233. The first-order valence-electron chi connectivity index (χ1n) is 8.69. The normalized spacial score (nSPS) is 24.6. The molecule has 4 heteroatoms. The maximum Gasteiger partial charge on any atom is 0.161 e. The molecule has 3 nitrogen and oxygen atoms in total. The van der Waals surface area contributed by atoms with Gasteiger partial charge in [0.25, 0.3) is 0 Å². The highest BCUT2D eigenvalue weighted by Crippen LogP contribution is 2.55. The van der Waals surface area contributed by atoms with E-state index in [4.69, 9.17) is 9.47 Å². The van der Waals surface area contributed by atoms with Crippen molar-refractivity contribution in [2.75, 3.05) is 14.2 Å². The zero-order valence-electron chi connectivity index (χ0n) is 14.6. The van der Waals surface area contributed by atoms with Gasteiger partial charge in [-0.3, -0.25) is 4.79 Å². The predicted octanol–water partition coefficient (Wildman–Crippen LogP) is 4.41. The van der Waals surface area contributed by atoms with E-state index in [0.29, 0.717) is 18.0 Å². The summed E-state index contributed by atoms with van der Waals surface area (Å²) in [6.45, 7) is 0. The molecule has 4 rings (SSSR count). The highest BCUT2D eigenvalue weighted by Gasteiger charge is 2.54. The average Bonchev–Trinajstić information content (AvgIpc) is 3.17. The number of carbonyl (C=O) groups excluding carboxylic acids is 1. The van der Waals surface area contributed by atoms with Crippen LogP contribution < -0.4 is 9.47 Å². The number of fused-ring (bicyclic) bond motifs is 2. The summed E-state index contributed by atoms with van der Waals surface area (Å²) in [6, 6.07) is 14.5. The lowest BCUT2D eigenvalue weighted by Crippen LogP contribution is -2.38. The molecular weight excluding hydrogens is 332 g/mol. The molecule has 2 aliphatic carbocycles. The first-order chi connectivity index (χ1) is 12.2. The van der Waals surface area contributed by atoms with Crippen molar-refractivity contribution >= 4 is 17.5 Å². The molecule has 0 amide bonds. The third-order valence-electron chi connectivity index (χ3n) is 5.54. The molecule has 1 spiro atoms. The van der Waals surface area contributed by atoms with Crippen molar-refractivity contribution < 1.29 is 14.3 Å². The van der Waals surface area contributed by atoms with Crippen LogP contribution in [-0.2, 0) is 16.6 Å². The van der Waals surface area contributed by atoms with Gasteiger partial charge < -0.3 is 9.47 Å². The maximum atomic E-state index is 13.0. The van der Waals surface area contributed by atoms with E-state index in [1.165, 1.54) is 10.5 Å². The van der Waals surface area contributed by atoms with Crippen LogP contribution in [-0.4, -0.2) is 25.3 Å². The van der Waals surface area contributed by atoms with Gasteiger partial charge in [0.05, 0.1) is 19.6 Å². The molecular formula is C21H22O3S. The van der Waals surface area contributed by atoms with Crippen molar-refractivity contribution in [3.8, 4) is 11.5 Å². The number of rotatable bonds is 4. The Morgan fingerprint density at radius 1 is 1.08 bits per heavy atom. The van der Waals surface area contributed by atoms with E-state index in [-0.39, 0.29) is 10.7 Å². The number of methoxy groups -OCH3 is 2. The summed E-state index contributed by atoms with van der Waals surface area (Å²) in [6.07, 6.45) is 3.47. The topological polar surface area (TPSA) is 35.5 Å². The van der Waals surface area contributed by atoms with Gasteiger partial charge in [0, 0.05) is 16.6 Å². The van der Waals surface area contributed by atoms with E-state index in [0.717, 1.165) is 30.6 Å². The largest absolute Gasteiger partial charge is 0.493 e. The molecule has 2 aromatic rings. The summed E-state index contributed by atoms with van der Waals surface area (Å²) >= 11 is 1.83. The first kappa shape index (κ1) is 16.5. The molecule has 0 unspecified atom stereocenters. The van der Waals surface area contributed by atoms with Crippen LogP contribution in [0.15, 0.2) is 47.4 Å². The molecule has 2 aromatic carbocycles. The molecule has 0 N–H and O–H groups in total. The summed E-state index contributed by atoms with van der Waals surface area (Å²) < 4.78 is 11.0. The quantitative estimate of drug-likeness (QED) is 0.815. The number of thioether (sulfide) groups is 1. The van der Waals surface area contributed by atoms with Crippen LogP contribution in [0.5, 0.6) is 11.5 Å². The van der Waals surface area contributed by atoms with Crippen LogP contribution in [0.1, 0.15) is 30.4 Å². The molecule has 130 valence electrons. The van der Waals surface area contributed by atoms with E-state index < -0.39 is 0 Å². The number of hydrogen-bond donors (Lipinski definition) is 0. The minimum atomic E-state index is -0.380. The summed E-state index contributed by atoms with van der Waals surface area (Å²) in [4.78, 5) is 14.3. The Kier molecular flexibility index (Phi) is 4.24. The van der Waals surface area contributed by atoms with E-state index >= 15 is 0 Å². The van der Waals surface area contributed by atoms with Crippen LogP contribution in [0.4, 0.5) is 0 Å². The highest BCUT2D eigenvalue weighted by molar-refractivity contribution is 8.00. The fourth-order valence-electron chi connectivity index (χ4n) is 4.37. The molecule has 25 heavy (non-hydrogen) atoms. The lowest BCUT2D eigenvalue weighted by Gasteiger charge is -2.30. The van der Waals surface area contributed by atoms with Gasteiger partial charge in [-0.25, -0.2) is 0 Å². The Morgan fingerprint density at radius 3 is 2.44 bits per heavy atom. The van der Waals surface area contributed by atoms with Gasteiger partial charge in [-0.2, -0.15) is 0 Å². The molecule has 1 saturated carbocycles. The van der Waals surface area contributed by atoms with Crippen molar-refractivity contribution in [3.63, 3.8) is 0 Å². The van der Waals surface area contributed by atoms with Gasteiger partial charge in [0.15, 0.2) is 11.5 Å². The molecule has 0 aromatic heterocycles. The summed E-state index contributed by atoms with van der Waals surface area (Å²) in [5.74, 6) is 1.84. The van der Waals surface area contributed by atoms with Crippen molar-refractivity contribution in [1.82, 2.24) is 0 Å². The number of benzene rings is 2. The summed E-state index contributed by atoms with van der Waals surface area (Å²) in [5.41, 5.74) is 2.00. The third kappa shape index (κ3) is 2.54. The van der Waals surface area contributed by atoms with Crippen LogP contribution in [0.25, 0.3) is 0 Å². The average molecular weight is 354 g/mol. The minimum Gasteiger partial charge on any atom is -0.493 e. The third-order valence-corrected chi connectivity index (χ3v) is 6.94. The maximum absolute atomic E-state index is 13.0. The molecule has 0 saturated heterocycles. The second-order valence-corrected chi connectivity index (χ2v) is 8.01. The van der Waals surface area contributed by atoms with Crippen LogP contribution in [0, 0.1) is 0 Å². The number of ketones is 1. The Hall–Kier alpha value is -1.94. The van der Waals surface area contributed by atoms with Gasteiger partial charge in [-0.05, 0) is 54.7 Å². The van der Waals surface area contributed by atoms with Crippen molar-refractivity contribution in [2.24, 2.45) is 0 Å². The van der Waals surface area contributed by atoms with E-state index in [2.05, 4.69) is 30.3 Å². The lowest BCUT2D eigenvalue weighted by molar-refractivity contribution is -0.121. The Balaban J connectivity index is 1.80. The van der Waals surface area contributed by atoms with Gasteiger partial charge in [-0.15, -0.1) is 11.8 Å². The number of ether oxygens (including phenoxy) is 2. The number of hydrogen-bond acceptors (Lipinski definition) is 4. The van der Waals surface area contributed by atoms with Crippen molar-refractivity contribution in [1.29, 1.82) is 0 Å². The molecule has 0 radical (unpaired) electrons. The van der Waals surface area contributed by atoms with Crippen molar-refractivity contribution in [3.05, 3.63) is 53.6 Å². The zero-order valence-corrected chi connectivity index (χ0v) is 15.4. The van der Waals surface area contributed by atoms with Gasteiger partial charge in [-0.1, -0.05) is 18.2 Å². The van der Waals surface area contributed by atoms with Crippen molar-refractivity contribution in [2.45, 2.75) is 41.2 Å². The van der Waals surface area contributed by atoms with E-state index in [9.17, 15) is 4.79 Å². The second kappa shape index (κ2) is 6.41. The lowest BCUT2D eigenvalue weighted by atomic mass is 9.79. The predicted molar refractivity (Wildman–Crippen MR) is 99.9 cm³/mol. The van der Waals surface area contributed by atoms with Gasteiger partial charge in [0.2, 0.25) is 0 Å². The second-order valence-electron chi connectivity index (χ2n) is 6.74. The minimum absolute atomic E-state index is 0.233. The fraction of sp³-hybridized carbons (Fsp3) is 0.381. The number of carbonyl (C=O) groups is 1. The Labute approximate surface area is 152 Å². The van der Waals surface area contributed by atoms with Crippen LogP contribution in [0.2, 0.25) is 0 Å². The smallest absolute Gasteiger partial charge is 0.161 e. The fourth-order valence-corrected chi connectivity index (χ4v) is 5.86. The SMILES string of the molecule is COc1cc2c(cc1OC)[C@]1(CCCC1=O)[C@@H](Sc1ccccc1)C2. The Morgan fingerprint density at radius 2 is 1.80 bits per heavy atom. The first-order valence-corrected chi connectivity index (χ1v) is 9.57.